The number of carbonyl (C=O) groups is 1. The molecule has 0 bridgehead atoms. The molecule has 158 valence electrons. The lowest BCUT2D eigenvalue weighted by Gasteiger charge is -2.07. The van der Waals surface area contributed by atoms with Crippen LogP contribution in [0.4, 0.5) is 5.88 Å². The van der Waals surface area contributed by atoms with E-state index in [1.165, 1.54) is 7.11 Å². The van der Waals surface area contributed by atoms with Crippen LogP contribution in [0.5, 0.6) is 0 Å². The van der Waals surface area contributed by atoms with Gasteiger partial charge >= 0.3 is 11.6 Å². The summed E-state index contributed by atoms with van der Waals surface area (Å²) < 4.78 is 16.6. The molecule has 3 aromatic carbocycles. The number of fused-ring (bicyclic) bond motifs is 3. The summed E-state index contributed by atoms with van der Waals surface area (Å²) >= 11 is 0. The average molecular weight is 425 g/mol. The fraction of sp³-hybridized carbons (Fsp3) is 0.0769. The first kappa shape index (κ1) is 19.6. The molecule has 0 aliphatic rings. The Bertz CT molecular complexity index is 1480. The van der Waals surface area contributed by atoms with Crippen LogP contribution in [-0.2, 0) is 11.3 Å². The molecule has 6 nitrogen and oxygen atoms in total. The number of hydrogen-bond donors (Lipinski definition) is 1. The van der Waals surface area contributed by atoms with Crippen molar-refractivity contribution in [1.29, 1.82) is 0 Å². The molecular weight excluding hydrogens is 406 g/mol. The zero-order chi connectivity index (χ0) is 22.1. The van der Waals surface area contributed by atoms with E-state index in [1.807, 2.05) is 42.5 Å². The van der Waals surface area contributed by atoms with E-state index in [4.69, 9.17) is 13.6 Å². The van der Waals surface area contributed by atoms with Gasteiger partial charge in [0.25, 0.3) is 0 Å². The Hall–Kier alpha value is -4.32. The van der Waals surface area contributed by atoms with Crippen LogP contribution in [0.2, 0.25) is 0 Å². The van der Waals surface area contributed by atoms with Crippen molar-refractivity contribution in [2.24, 2.45) is 0 Å². The van der Waals surface area contributed by atoms with E-state index in [-0.39, 0.29) is 0 Å². The highest BCUT2D eigenvalue weighted by molar-refractivity contribution is 6.09. The van der Waals surface area contributed by atoms with Gasteiger partial charge in [0.15, 0.2) is 5.58 Å². The molecule has 5 aromatic rings. The molecule has 2 heterocycles. The van der Waals surface area contributed by atoms with Crippen molar-refractivity contribution in [3.05, 3.63) is 100 Å². The molecule has 0 spiro atoms. The summed E-state index contributed by atoms with van der Waals surface area (Å²) in [6.45, 7) is 0.511. The van der Waals surface area contributed by atoms with E-state index in [1.54, 1.807) is 36.4 Å². The molecule has 0 aliphatic carbocycles. The maximum Gasteiger partial charge on any atom is 0.348 e. The summed E-state index contributed by atoms with van der Waals surface area (Å²) in [6.07, 6.45) is 0. The minimum Gasteiger partial charge on any atom is -0.465 e. The lowest BCUT2D eigenvalue weighted by molar-refractivity contribution is 0.0600. The molecule has 5 rings (SSSR count). The molecule has 1 N–H and O–H groups in total. The van der Waals surface area contributed by atoms with E-state index < -0.39 is 11.6 Å². The number of anilines is 1. The van der Waals surface area contributed by atoms with Crippen molar-refractivity contribution in [3.8, 4) is 11.1 Å². The topological polar surface area (TPSA) is 81.7 Å². The highest BCUT2D eigenvalue weighted by Gasteiger charge is 2.22. The second kappa shape index (κ2) is 8.07. The first-order chi connectivity index (χ1) is 15.7. The normalized spacial score (nSPS) is 11.0. The molecule has 0 saturated carbocycles. The summed E-state index contributed by atoms with van der Waals surface area (Å²) in [5.74, 6) is 0.0276. The zero-order valence-electron chi connectivity index (χ0n) is 17.3. The van der Waals surface area contributed by atoms with Crippen LogP contribution < -0.4 is 10.9 Å². The van der Waals surface area contributed by atoms with Gasteiger partial charge in [0, 0.05) is 6.54 Å². The Morgan fingerprint density at radius 3 is 2.38 bits per heavy atom. The number of furan rings is 1. The Kier molecular flexibility index (Phi) is 4.95. The minimum absolute atomic E-state index is 0.352. The first-order valence-electron chi connectivity index (χ1n) is 10.1. The molecular formula is C26H19NO5. The van der Waals surface area contributed by atoms with Gasteiger partial charge in [0.2, 0.25) is 5.88 Å². The Labute approximate surface area is 183 Å². The number of nitrogens with one attached hydrogen (secondary N) is 1. The highest BCUT2D eigenvalue weighted by Crippen LogP contribution is 2.40. The molecule has 0 radical (unpaired) electrons. The van der Waals surface area contributed by atoms with Crippen molar-refractivity contribution < 1.29 is 18.4 Å². The second-order valence-electron chi connectivity index (χ2n) is 7.30. The maximum atomic E-state index is 13.0. The minimum atomic E-state index is -0.484. The second-order valence-corrected chi connectivity index (χ2v) is 7.30. The maximum absolute atomic E-state index is 13.0. The molecule has 0 saturated heterocycles. The van der Waals surface area contributed by atoms with Crippen LogP contribution in [0.15, 0.2) is 92.5 Å². The molecule has 0 amide bonds. The number of hydrogen-bond acceptors (Lipinski definition) is 6. The highest BCUT2D eigenvalue weighted by atomic mass is 16.5. The van der Waals surface area contributed by atoms with E-state index >= 15 is 0 Å². The molecule has 0 atom stereocenters. The van der Waals surface area contributed by atoms with E-state index in [2.05, 4.69) is 5.32 Å². The van der Waals surface area contributed by atoms with Crippen molar-refractivity contribution in [3.63, 3.8) is 0 Å². The van der Waals surface area contributed by atoms with Crippen molar-refractivity contribution in [2.45, 2.75) is 6.54 Å². The van der Waals surface area contributed by atoms with Crippen LogP contribution in [0.1, 0.15) is 15.9 Å². The predicted molar refractivity (Wildman–Crippen MR) is 123 cm³/mol. The van der Waals surface area contributed by atoms with Crippen LogP contribution >= 0.6 is 0 Å². The van der Waals surface area contributed by atoms with Crippen molar-refractivity contribution >= 4 is 33.8 Å². The van der Waals surface area contributed by atoms with Gasteiger partial charge in [-0.05, 0) is 35.4 Å². The lowest BCUT2D eigenvalue weighted by atomic mass is 10.0. The van der Waals surface area contributed by atoms with Crippen molar-refractivity contribution in [1.82, 2.24) is 0 Å². The van der Waals surface area contributed by atoms with Gasteiger partial charge in [0.1, 0.15) is 11.0 Å². The van der Waals surface area contributed by atoms with E-state index in [9.17, 15) is 9.59 Å². The molecule has 0 unspecified atom stereocenters. The monoisotopic (exact) mass is 425 g/mol. The van der Waals surface area contributed by atoms with Crippen LogP contribution in [-0.4, -0.2) is 13.1 Å². The third-order valence-electron chi connectivity index (χ3n) is 5.34. The Balaban J connectivity index is 1.70. The van der Waals surface area contributed by atoms with Crippen molar-refractivity contribution in [2.75, 3.05) is 12.4 Å². The number of esters is 1. The Morgan fingerprint density at radius 2 is 1.62 bits per heavy atom. The largest absolute Gasteiger partial charge is 0.465 e. The quantitative estimate of drug-likeness (QED) is 0.291. The summed E-state index contributed by atoms with van der Waals surface area (Å²) in [6, 6.07) is 24.0. The number of carbonyl (C=O) groups excluding carboxylic acids is 1. The number of para-hydroxylation sites is 1. The summed E-state index contributed by atoms with van der Waals surface area (Å²) in [7, 11) is 1.34. The SMILES string of the molecule is COC(=O)c1ccc(-c2c(NCc3ccccc3)oc3c2c(=O)oc2ccccc23)cc1. The predicted octanol–water partition coefficient (Wildman–Crippen LogP) is 5.60. The standard InChI is InChI=1S/C26H19NO5/c1-30-25(28)18-13-11-17(12-14-18)21-22-23(19-9-5-6-10-20(19)31-26(22)29)32-24(21)27-15-16-7-3-2-4-8-16/h2-14,27H,15H2,1H3. The summed E-state index contributed by atoms with van der Waals surface area (Å²) in [5.41, 5.74) is 3.22. The lowest BCUT2D eigenvalue weighted by Crippen LogP contribution is -2.03. The number of rotatable bonds is 5. The molecule has 0 aliphatic heterocycles. The third kappa shape index (κ3) is 3.41. The average Bonchev–Trinajstić information content (AvgIpc) is 3.23. The van der Waals surface area contributed by atoms with E-state index in [0.717, 1.165) is 11.1 Å². The fourth-order valence-corrected chi connectivity index (χ4v) is 3.78. The summed E-state index contributed by atoms with van der Waals surface area (Å²) in [5, 5.41) is 4.38. The van der Waals surface area contributed by atoms with E-state index in [0.29, 0.717) is 45.5 Å². The van der Waals surface area contributed by atoms with Gasteiger partial charge in [-0.25, -0.2) is 9.59 Å². The van der Waals surface area contributed by atoms with Crippen LogP contribution in [0.25, 0.3) is 33.1 Å². The van der Waals surface area contributed by atoms with Gasteiger partial charge in [0.05, 0.1) is 23.6 Å². The van der Waals surface area contributed by atoms with Gasteiger partial charge in [-0.2, -0.15) is 0 Å². The number of benzene rings is 3. The van der Waals surface area contributed by atoms with Crippen LogP contribution in [0.3, 0.4) is 0 Å². The third-order valence-corrected chi connectivity index (χ3v) is 5.34. The van der Waals surface area contributed by atoms with Gasteiger partial charge in [-0.15, -0.1) is 0 Å². The molecule has 6 heteroatoms. The van der Waals surface area contributed by atoms with Gasteiger partial charge in [-0.3, -0.25) is 0 Å². The molecule has 32 heavy (non-hydrogen) atoms. The molecule has 2 aromatic heterocycles. The smallest absolute Gasteiger partial charge is 0.348 e. The first-order valence-corrected chi connectivity index (χ1v) is 10.1. The zero-order valence-corrected chi connectivity index (χ0v) is 17.3. The van der Waals surface area contributed by atoms with Gasteiger partial charge in [-0.1, -0.05) is 54.6 Å². The number of ether oxygens (including phenoxy) is 1. The Morgan fingerprint density at radius 1 is 0.906 bits per heavy atom. The molecule has 0 fully saturated rings. The fourth-order valence-electron chi connectivity index (χ4n) is 3.78. The van der Waals surface area contributed by atoms with Gasteiger partial charge < -0.3 is 18.9 Å². The van der Waals surface area contributed by atoms with Crippen LogP contribution in [0, 0.1) is 0 Å². The summed E-state index contributed by atoms with van der Waals surface area (Å²) in [4.78, 5) is 24.8. The number of methoxy groups -OCH3 is 1.